The van der Waals surface area contributed by atoms with Gasteiger partial charge in [0, 0.05) is 56.9 Å². The predicted octanol–water partition coefficient (Wildman–Crippen LogP) is 2.80. The Morgan fingerprint density at radius 2 is 1.88 bits per heavy atom. The van der Waals surface area contributed by atoms with Gasteiger partial charge in [0.15, 0.2) is 0 Å². The van der Waals surface area contributed by atoms with Gasteiger partial charge < -0.3 is 19.7 Å². The summed E-state index contributed by atoms with van der Waals surface area (Å²) in [5.41, 5.74) is 3.18. The fourth-order valence-electron chi connectivity index (χ4n) is 4.77. The first kappa shape index (κ1) is 22.5. The summed E-state index contributed by atoms with van der Waals surface area (Å²) in [4.78, 5) is 32.1. The van der Waals surface area contributed by atoms with E-state index in [0.717, 1.165) is 86.7 Å². The largest absolute Gasteiger partial charge is 0.488 e. The van der Waals surface area contributed by atoms with Gasteiger partial charge in [-0.05, 0) is 43.7 Å². The highest BCUT2D eigenvalue weighted by atomic mass is 16.5. The summed E-state index contributed by atoms with van der Waals surface area (Å²) >= 11 is 0. The first-order chi connectivity index (χ1) is 16.7. The number of nitrogens with zero attached hydrogens (tertiary/aromatic N) is 5. The van der Waals surface area contributed by atoms with Gasteiger partial charge in [0.05, 0.1) is 24.8 Å². The minimum absolute atomic E-state index is 0.138. The molecule has 0 bridgehead atoms. The van der Waals surface area contributed by atoms with Crippen molar-refractivity contribution in [2.45, 2.75) is 38.2 Å². The number of carbonyl (C=O) groups excluding carboxylic acids is 1. The van der Waals surface area contributed by atoms with E-state index in [1.54, 1.807) is 31.7 Å². The third-order valence-electron chi connectivity index (χ3n) is 6.62. The van der Waals surface area contributed by atoms with Crippen LogP contribution in [0.5, 0.6) is 5.75 Å². The van der Waals surface area contributed by atoms with Crippen LogP contribution in [-0.2, 0) is 11.2 Å². The van der Waals surface area contributed by atoms with Gasteiger partial charge >= 0.3 is 0 Å². The number of amides is 1. The summed E-state index contributed by atoms with van der Waals surface area (Å²) in [5, 5.41) is 2.61. The summed E-state index contributed by atoms with van der Waals surface area (Å²) in [5.74, 6) is 1.83. The third kappa shape index (κ3) is 5.09. The molecule has 1 saturated heterocycles. The lowest BCUT2D eigenvalue weighted by atomic mass is 9.85. The molecule has 0 unspecified atom stereocenters. The molecule has 1 amide bonds. The smallest absolute Gasteiger partial charge is 0.269 e. The van der Waals surface area contributed by atoms with Crippen molar-refractivity contribution in [2.24, 2.45) is 5.92 Å². The zero-order chi connectivity index (χ0) is 23.3. The van der Waals surface area contributed by atoms with Crippen molar-refractivity contribution in [2.75, 3.05) is 38.3 Å². The Kier molecular flexibility index (Phi) is 6.80. The SMILES string of the molecule is CNC(=O)c1ccnc(CC2CCC(Oc3cc(N4CCOCC4)cc4nccnc34)CC2)n1. The van der Waals surface area contributed by atoms with Gasteiger partial charge in [-0.15, -0.1) is 0 Å². The molecule has 2 aromatic heterocycles. The number of ether oxygens (including phenoxy) is 2. The number of anilines is 1. The van der Waals surface area contributed by atoms with Crippen LogP contribution in [0, 0.1) is 5.92 Å². The monoisotopic (exact) mass is 462 g/mol. The standard InChI is InChI=1S/C25H30N6O3/c1-26-25(32)20-6-7-28-23(30-20)14-17-2-4-19(5-3-17)34-22-16-18(31-10-12-33-13-11-31)15-21-24(22)29-9-8-27-21/h6-9,15-17,19H,2-5,10-14H2,1H3,(H,26,32). The number of hydrogen-bond acceptors (Lipinski definition) is 8. The molecule has 34 heavy (non-hydrogen) atoms. The molecule has 1 aliphatic heterocycles. The molecule has 3 heterocycles. The summed E-state index contributed by atoms with van der Waals surface area (Å²) in [6.07, 6.45) is 10.0. The highest BCUT2D eigenvalue weighted by molar-refractivity contribution is 5.91. The topological polar surface area (TPSA) is 102 Å². The van der Waals surface area contributed by atoms with E-state index in [4.69, 9.17) is 9.47 Å². The van der Waals surface area contributed by atoms with Crippen LogP contribution in [0.25, 0.3) is 11.0 Å². The minimum Gasteiger partial charge on any atom is -0.488 e. The molecule has 5 rings (SSSR count). The molecule has 1 N–H and O–H groups in total. The van der Waals surface area contributed by atoms with E-state index in [1.165, 1.54) is 0 Å². The number of nitrogens with one attached hydrogen (secondary N) is 1. The Bertz CT molecular complexity index is 1140. The summed E-state index contributed by atoms with van der Waals surface area (Å²) in [6.45, 7) is 3.18. The summed E-state index contributed by atoms with van der Waals surface area (Å²) in [7, 11) is 1.61. The van der Waals surface area contributed by atoms with Gasteiger partial charge in [-0.2, -0.15) is 0 Å². The van der Waals surface area contributed by atoms with Crippen molar-refractivity contribution in [1.29, 1.82) is 0 Å². The second kappa shape index (κ2) is 10.3. The predicted molar refractivity (Wildman–Crippen MR) is 128 cm³/mol. The number of carbonyl (C=O) groups is 1. The van der Waals surface area contributed by atoms with E-state index in [1.807, 2.05) is 0 Å². The first-order valence-electron chi connectivity index (χ1n) is 12.0. The average Bonchev–Trinajstić information content (AvgIpc) is 2.90. The van der Waals surface area contributed by atoms with Crippen LogP contribution in [0.1, 0.15) is 42.0 Å². The van der Waals surface area contributed by atoms with Crippen LogP contribution >= 0.6 is 0 Å². The van der Waals surface area contributed by atoms with Crippen molar-refractivity contribution in [1.82, 2.24) is 25.3 Å². The molecule has 9 nitrogen and oxygen atoms in total. The Hall–Kier alpha value is -3.33. The summed E-state index contributed by atoms with van der Waals surface area (Å²) in [6, 6.07) is 5.84. The average molecular weight is 463 g/mol. The zero-order valence-electron chi connectivity index (χ0n) is 19.4. The van der Waals surface area contributed by atoms with Gasteiger partial charge in [0.25, 0.3) is 5.91 Å². The van der Waals surface area contributed by atoms with E-state index in [0.29, 0.717) is 11.6 Å². The van der Waals surface area contributed by atoms with E-state index in [9.17, 15) is 4.79 Å². The van der Waals surface area contributed by atoms with E-state index in [-0.39, 0.29) is 12.0 Å². The molecule has 3 aromatic rings. The second-order valence-electron chi connectivity index (χ2n) is 8.87. The molecule has 2 aliphatic rings. The van der Waals surface area contributed by atoms with Gasteiger partial charge in [-0.25, -0.2) is 15.0 Å². The molecule has 0 atom stereocenters. The molecule has 0 radical (unpaired) electrons. The van der Waals surface area contributed by atoms with E-state index >= 15 is 0 Å². The van der Waals surface area contributed by atoms with Crippen LogP contribution in [0.15, 0.2) is 36.8 Å². The van der Waals surface area contributed by atoms with Crippen LogP contribution in [0.4, 0.5) is 5.69 Å². The molecule has 1 saturated carbocycles. The van der Waals surface area contributed by atoms with Crippen LogP contribution in [-0.4, -0.2) is 65.3 Å². The fourth-order valence-corrected chi connectivity index (χ4v) is 4.77. The second-order valence-corrected chi connectivity index (χ2v) is 8.87. The van der Waals surface area contributed by atoms with Crippen molar-refractivity contribution in [3.63, 3.8) is 0 Å². The van der Waals surface area contributed by atoms with Crippen molar-refractivity contribution < 1.29 is 14.3 Å². The summed E-state index contributed by atoms with van der Waals surface area (Å²) < 4.78 is 12.0. The first-order valence-corrected chi connectivity index (χ1v) is 12.0. The Balaban J connectivity index is 1.25. The molecule has 9 heteroatoms. The van der Waals surface area contributed by atoms with Gasteiger partial charge in [-0.3, -0.25) is 9.78 Å². The van der Waals surface area contributed by atoms with Gasteiger partial charge in [0.2, 0.25) is 0 Å². The molecule has 2 fully saturated rings. The minimum atomic E-state index is -0.185. The Labute approximate surface area is 198 Å². The Morgan fingerprint density at radius 1 is 1.09 bits per heavy atom. The van der Waals surface area contributed by atoms with Crippen LogP contribution < -0.4 is 15.0 Å². The lowest BCUT2D eigenvalue weighted by Gasteiger charge is -2.31. The molecular weight excluding hydrogens is 432 g/mol. The Morgan fingerprint density at radius 3 is 2.68 bits per heavy atom. The highest BCUT2D eigenvalue weighted by Gasteiger charge is 2.25. The van der Waals surface area contributed by atoms with Crippen molar-refractivity contribution in [3.05, 3.63) is 48.3 Å². The maximum absolute atomic E-state index is 11.9. The third-order valence-corrected chi connectivity index (χ3v) is 6.62. The number of rotatable bonds is 6. The number of hydrogen-bond donors (Lipinski definition) is 1. The fraction of sp³-hybridized carbons (Fsp3) is 0.480. The number of aromatic nitrogens is 4. The van der Waals surface area contributed by atoms with E-state index in [2.05, 4.69) is 42.3 Å². The van der Waals surface area contributed by atoms with Crippen molar-refractivity contribution in [3.8, 4) is 5.75 Å². The molecule has 1 aromatic carbocycles. The molecular formula is C25H30N6O3. The zero-order valence-corrected chi connectivity index (χ0v) is 19.4. The van der Waals surface area contributed by atoms with Crippen LogP contribution in [0.2, 0.25) is 0 Å². The number of benzene rings is 1. The van der Waals surface area contributed by atoms with Gasteiger partial charge in [0.1, 0.15) is 22.8 Å². The lowest BCUT2D eigenvalue weighted by molar-refractivity contribution is 0.0957. The normalized spacial score (nSPS) is 20.8. The quantitative estimate of drug-likeness (QED) is 0.597. The van der Waals surface area contributed by atoms with E-state index < -0.39 is 0 Å². The number of fused-ring (bicyclic) bond motifs is 1. The number of morpholine rings is 1. The lowest BCUT2D eigenvalue weighted by Crippen LogP contribution is -2.36. The maximum Gasteiger partial charge on any atom is 0.269 e. The highest BCUT2D eigenvalue weighted by Crippen LogP contribution is 2.34. The molecule has 178 valence electrons. The maximum atomic E-state index is 11.9. The van der Waals surface area contributed by atoms with Crippen LogP contribution in [0.3, 0.4) is 0 Å². The molecule has 1 aliphatic carbocycles. The van der Waals surface area contributed by atoms with Gasteiger partial charge in [-0.1, -0.05) is 0 Å². The molecule has 0 spiro atoms. The van der Waals surface area contributed by atoms with Crippen molar-refractivity contribution >= 4 is 22.6 Å².